The van der Waals surface area contributed by atoms with Crippen molar-refractivity contribution in [1.29, 1.82) is 0 Å². The van der Waals surface area contributed by atoms with E-state index >= 15 is 0 Å². The maximum Gasteiger partial charge on any atom is 0.178 e. The highest BCUT2D eigenvalue weighted by atomic mass is 32.2. The van der Waals surface area contributed by atoms with E-state index in [-0.39, 0.29) is 27.5 Å². The molecule has 1 unspecified atom stereocenters. The van der Waals surface area contributed by atoms with Gasteiger partial charge in [0.15, 0.2) is 9.84 Å². The molecule has 0 aliphatic heterocycles. The van der Waals surface area contributed by atoms with Crippen LogP contribution in [0.3, 0.4) is 0 Å². The fourth-order valence-electron chi connectivity index (χ4n) is 3.98. The first-order valence-electron chi connectivity index (χ1n) is 9.34. The van der Waals surface area contributed by atoms with E-state index in [1.165, 1.54) is 24.3 Å². The molecule has 0 amide bonds. The number of benzene rings is 2. The third kappa shape index (κ3) is 4.57. The van der Waals surface area contributed by atoms with Crippen LogP contribution in [0, 0.1) is 28.9 Å². The maximum atomic E-state index is 13.9. The average Bonchev–Trinajstić information content (AvgIpc) is 3.03. The van der Waals surface area contributed by atoms with Crippen molar-refractivity contribution in [3.63, 3.8) is 0 Å². The van der Waals surface area contributed by atoms with E-state index in [4.69, 9.17) is 0 Å². The predicted octanol–water partition coefficient (Wildman–Crippen LogP) is 5.87. The highest BCUT2D eigenvalue weighted by molar-refractivity contribution is 7.91. The van der Waals surface area contributed by atoms with Crippen LogP contribution in [0.15, 0.2) is 47.4 Å². The summed E-state index contributed by atoms with van der Waals surface area (Å²) in [5, 5.41) is 0. The summed E-state index contributed by atoms with van der Waals surface area (Å²) in [5.41, 5.74) is 0.989. The third-order valence-electron chi connectivity index (χ3n) is 5.68. The summed E-state index contributed by atoms with van der Waals surface area (Å²) in [6.07, 6.45) is 2.97. The van der Waals surface area contributed by atoms with Crippen LogP contribution < -0.4 is 0 Å². The molecule has 0 N–H and O–H groups in total. The molecule has 0 heterocycles. The zero-order valence-electron chi connectivity index (χ0n) is 16.0. The fourth-order valence-corrected chi connectivity index (χ4v) is 5.65. The molecule has 0 aromatic heterocycles. The summed E-state index contributed by atoms with van der Waals surface area (Å²) in [7, 11) is -3.38. The van der Waals surface area contributed by atoms with E-state index in [0.29, 0.717) is 11.5 Å². The number of hydrogen-bond donors (Lipinski definition) is 0. The zero-order valence-corrected chi connectivity index (χ0v) is 16.8. The molecule has 146 valence electrons. The molecular formula is C22H26F2O2S. The van der Waals surface area contributed by atoms with E-state index in [2.05, 4.69) is 20.8 Å². The van der Waals surface area contributed by atoms with Crippen molar-refractivity contribution in [2.24, 2.45) is 17.3 Å². The summed E-state index contributed by atoms with van der Waals surface area (Å²) in [4.78, 5) is 0.257. The van der Waals surface area contributed by atoms with Gasteiger partial charge in [-0.2, -0.15) is 0 Å². The molecule has 1 aliphatic carbocycles. The molecule has 3 rings (SSSR count). The monoisotopic (exact) mass is 392 g/mol. The Balaban J connectivity index is 1.74. The van der Waals surface area contributed by atoms with Gasteiger partial charge in [-0.25, -0.2) is 17.2 Å². The van der Waals surface area contributed by atoms with Gasteiger partial charge in [0, 0.05) is 11.6 Å². The standard InChI is InChI=1S/C22H26F2O2S/c1-22(2,3)17-7-4-15(12-17)14-27(25,26)19-9-5-16(6-10-19)20-11-8-18(23)13-21(20)24/h5-6,8-11,13,15,17H,4,7,12,14H2,1-3H3/t15-,17?/m1/s1. The van der Waals surface area contributed by atoms with Crippen LogP contribution >= 0.6 is 0 Å². The van der Waals surface area contributed by atoms with Gasteiger partial charge in [0.1, 0.15) is 11.6 Å². The first-order valence-corrected chi connectivity index (χ1v) is 11.0. The largest absolute Gasteiger partial charge is 0.224 e. The Kier molecular flexibility index (Phi) is 5.44. The topological polar surface area (TPSA) is 34.1 Å². The maximum absolute atomic E-state index is 13.9. The van der Waals surface area contributed by atoms with Crippen LogP contribution in [0.5, 0.6) is 0 Å². The molecular weight excluding hydrogens is 366 g/mol. The molecule has 2 aromatic carbocycles. The van der Waals surface area contributed by atoms with Crippen molar-refractivity contribution >= 4 is 9.84 Å². The second kappa shape index (κ2) is 7.34. The lowest BCUT2D eigenvalue weighted by Gasteiger charge is -2.26. The number of sulfone groups is 1. The van der Waals surface area contributed by atoms with Crippen LogP contribution in [0.25, 0.3) is 11.1 Å². The Hall–Kier alpha value is -1.75. The molecule has 0 radical (unpaired) electrons. The molecule has 2 atom stereocenters. The Morgan fingerprint density at radius 1 is 1.00 bits per heavy atom. The molecule has 5 heteroatoms. The predicted molar refractivity (Wildman–Crippen MR) is 104 cm³/mol. The molecule has 27 heavy (non-hydrogen) atoms. The second-order valence-corrected chi connectivity index (χ2v) is 10.7. The van der Waals surface area contributed by atoms with Gasteiger partial charge in [0.2, 0.25) is 0 Å². The Morgan fingerprint density at radius 3 is 2.22 bits per heavy atom. The first kappa shape index (κ1) is 20.0. The lowest BCUT2D eigenvalue weighted by atomic mass is 9.79. The fraction of sp³-hybridized carbons (Fsp3) is 0.455. The summed E-state index contributed by atoms with van der Waals surface area (Å²) < 4.78 is 52.5. The van der Waals surface area contributed by atoms with Crippen molar-refractivity contribution in [2.45, 2.75) is 44.9 Å². The van der Waals surface area contributed by atoms with Crippen LogP contribution in [-0.2, 0) is 9.84 Å². The summed E-state index contributed by atoms with van der Waals surface area (Å²) in [6, 6.07) is 9.57. The average molecular weight is 393 g/mol. The van der Waals surface area contributed by atoms with Gasteiger partial charge in [-0.05, 0) is 66.3 Å². The van der Waals surface area contributed by atoms with Gasteiger partial charge in [-0.3, -0.25) is 0 Å². The van der Waals surface area contributed by atoms with Gasteiger partial charge in [-0.1, -0.05) is 32.9 Å². The minimum atomic E-state index is -3.38. The quantitative estimate of drug-likeness (QED) is 0.652. The Morgan fingerprint density at radius 2 is 1.67 bits per heavy atom. The van der Waals surface area contributed by atoms with Gasteiger partial charge >= 0.3 is 0 Å². The molecule has 2 nitrogen and oxygen atoms in total. The minimum absolute atomic E-state index is 0.157. The lowest BCUT2D eigenvalue weighted by Crippen LogP contribution is -2.19. The van der Waals surface area contributed by atoms with Crippen molar-refractivity contribution in [3.05, 3.63) is 54.1 Å². The molecule has 1 saturated carbocycles. The smallest absolute Gasteiger partial charge is 0.178 e. The first-order chi connectivity index (χ1) is 12.6. The Labute approximate surface area is 160 Å². The second-order valence-electron chi connectivity index (χ2n) is 8.67. The molecule has 0 saturated heterocycles. The summed E-state index contributed by atoms with van der Waals surface area (Å²) in [6.45, 7) is 6.63. The van der Waals surface area contributed by atoms with Crippen molar-refractivity contribution in [1.82, 2.24) is 0 Å². The number of hydrogen-bond acceptors (Lipinski definition) is 2. The summed E-state index contributed by atoms with van der Waals surface area (Å²) in [5.74, 6) is -0.399. The van der Waals surface area contributed by atoms with E-state index in [1.807, 2.05) is 0 Å². The minimum Gasteiger partial charge on any atom is -0.224 e. The third-order valence-corrected chi connectivity index (χ3v) is 7.58. The lowest BCUT2D eigenvalue weighted by molar-refractivity contribution is 0.241. The molecule has 2 aromatic rings. The van der Waals surface area contributed by atoms with Gasteiger partial charge in [0.05, 0.1) is 10.6 Å². The number of rotatable bonds is 4. The van der Waals surface area contributed by atoms with Crippen molar-refractivity contribution < 1.29 is 17.2 Å². The van der Waals surface area contributed by atoms with Crippen molar-refractivity contribution in [3.8, 4) is 11.1 Å². The normalized spacial score (nSPS) is 20.8. The summed E-state index contributed by atoms with van der Waals surface area (Å²) >= 11 is 0. The molecule has 0 bridgehead atoms. The SMILES string of the molecule is CC(C)(C)C1CC[C@@H](CS(=O)(=O)c2ccc(-c3ccc(F)cc3F)cc2)C1. The van der Waals surface area contributed by atoms with Gasteiger partial charge in [0.25, 0.3) is 0 Å². The molecule has 1 aliphatic rings. The Bertz CT molecular complexity index is 912. The highest BCUT2D eigenvalue weighted by Gasteiger charge is 2.35. The zero-order chi connectivity index (χ0) is 19.8. The van der Waals surface area contributed by atoms with E-state index < -0.39 is 21.5 Å². The van der Waals surface area contributed by atoms with E-state index in [0.717, 1.165) is 25.3 Å². The van der Waals surface area contributed by atoms with Crippen LogP contribution in [-0.4, -0.2) is 14.2 Å². The van der Waals surface area contributed by atoms with Crippen molar-refractivity contribution in [2.75, 3.05) is 5.75 Å². The highest BCUT2D eigenvalue weighted by Crippen LogP contribution is 2.42. The van der Waals surface area contributed by atoms with Crippen LogP contribution in [0.1, 0.15) is 40.0 Å². The van der Waals surface area contributed by atoms with Gasteiger partial charge in [-0.15, -0.1) is 0 Å². The van der Waals surface area contributed by atoms with E-state index in [1.54, 1.807) is 12.1 Å². The number of halogens is 2. The van der Waals surface area contributed by atoms with Crippen LogP contribution in [0.2, 0.25) is 0 Å². The molecule has 1 fully saturated rings. The molecule has 0 spiro atoms. The van der Waals surface area contributed by atoms with Gasteiger partial charge < -0.3 is 0 Å². The van der Waals surface area contributed by atoms with Crippen LogP contribution in [0.4, 0.5) is 8.78 Å². The van der Waals surface area contributed by atoms with E-state index in [9.17, 15) is 17.2 Å².